The summed E-state index contributed by atoms with van der Waals surface area (Å²) in [5.41, 5.74) is 4.50. The fourth-order valence-corrected chi connectivity index (χ4v) is 3.08. The molecule has 0 bridgehead atoms. The van der Waals surface area contributed by atoms with E-state index in [9.17, 15) is 0 Å². The smallest absolute Gasteiger partial charge is 0.227 e. The van der Waals surface area contributed by atoms with Crippen molar-refractivity contribution in [1.82, 2.24) is 44.9 Å². The van der Waals surface area contributed by atoms with Crippen LogP contribution in [0.15, 0.2) is 0 Å². The molecule has 0 aliphatic rings. The molecule has 3 heterocycles. The molecule has 3 rings (SSSR count). The average molecular weight is 714 g/mol. The fraction of sp³-hybridized carbons (Fsp3) is 0.710. The molecule has 0 atom stereocenters. The van der Waals surface area contributed by atoms with Crippen LogP contribution in [-0.2, 0) is 25.7 Å². The van der Waals surface area contributed by atoms with Gasteiger partial charge < -0.3 is 16.4 Å². The van der Waals surface area contributed by atoms with E-state index in [-0.39, 0.29) is 53.0 Å². The summed E-state index contributed by atoms with van der Waals surface area (Å²) in [6, 6.07) is 0. The van der Waals surface area contributed by atoms with Crippen LogP contribution in [-0.4, -0.2) is 65.0 Å². The number of rotatable bonds is 9. The molecule has 12 nitrogen and oxygen atoms in total. The van der Waals surface area contributed by atoms with Gasteiger partial charge in [0.2, 0.25) is 27.7 Å². The maximum absolute atomic E-state index is 5.66. The summed E-state index contributed by atoms with van der Waals surface area (Å²) in [5.74, 6) is 4.36. The van der Waals surface area contributed by atoms with E-state index in [4.69, 9.17) is 34.8 Å². The van der Waals surface area contributed by atoms with Gasteiger partial charge in [0.05, 0.1) is 0 Å². The Hall–Kier alpha value is -2.54. The highest BCUT2D eigenvalue weighted by Gasteiger charge is 2.04. The van der Waals surface area contributed by atoms with Gasteiger partial charge >= 0.3 is 0 Å². The molecule has 0 aliphatic heterocycles. The highest BCUT2D eigenvalue weighted by atomic mass is 35.5. The van der Waals surface area contributed by atoms with Crippen molar-refractivity contribution in [3.8, 4) is 0 Å². The zero-order valence-corrected chi connectivity index (χ0v) is 28.2. The van der Waals surface area contributed by atoms with Crippen LogP contribution in [0.3, 0.4) is 0 Å². The van der Waals surface area contributed by atoms with E-state index >= 15 is 0 Å². The van der Waals surface area contributed by atoms with Crippen LogP contribution in [0.5, 0.6) is 0 Å². The lowest BCUT2D eigenvalue weighted by Crippen LogP contribution is -2.09. The van der Waals surface area contributed by atoms with Gasteiger partial charge in [-0.1, -0.05) is 85.1 Å². The van der Waals surface area contributed by atoms with Crippen molar-refractivity contribution in [3.63, 3.8) is 0 Å². The first-order valence-electron chi connectivity index (χ1n) is 13.9. The molecule has 0 fully saturated rings. The SMILES string of the molecule is C.C.C.C.C.CCC.CCCc1nc(CC)nc(NCC)n1.CCNc1nc(Cl)nc(CC)n1.CCc1nc(Cl)nc(Cl)n1.CN. The lowest BCUT2D eigenvalue weighted by atomic mass is 10.3. The molecule has 15 heteroatoms. The van der Waals surface area contributed by atoms with Crippen LogP contribution in [0, 0.1) is 0 Å². The number of aromatic nitrogens is 9. The molecular weight excluding hydrogens is 647 g/mol. The Morgan fingerprint density at radius 3 is 1.11 bits per heavy atom. The van der Waals surface area contributed by atoms with Gasteiger partial charge in [0.1, 0.15) is 23.3 Å². The van der Waals surface area contributed by atoms with Gasteiger partial charge in [0.25, 0.3) is 0 Å². The Morgan fingerprint density at radius 2 is 0.761 bits per heavy atom. The third-order valence-corrected chi connectivity index (χ3v) is 4.61. The maximum Gasteiger partial charge on any atom is 0.227 e. The zero-order valence-electron chi connectivity index (χ0n) is 25.9. The van der Waals surface area contributed by atoms with Crippen molar-refractivity contribution in [2.45, 2.75) is 131 Å². The van der Waals surface area contributed by atoms with Gasteiger partial charge in [-0.15, -0.1) is 0 Å². The van der Waals surface area contributed by atoms with Crippen molar-refractivity contribution >= 4 is 46.7 Å². The Kier molecular flexibility index (Phi) is 49.5. The van der Waals surface area contributed by atoms with E-state index in [1.165, 1.54) is 13.5 Å². The minimum absolute atomic E-state index is 0. The molecule has 0 aliphatic carbocycles. The first kappa shape index (κ1) is 58.9. The number of hydrogen-bond acceptors (Lipinski definition) is 12. The van der Waals surface area contributed by atoms with Gasteiger partial charge in [0.15, 0.2) is 0 Å². The largest absolute Gasteiger partial charge is 0.354 e. The van der Waals surface area contributed by atoms with Crippen LogP contribution < -0.4 is 16.4 Å². The molecule has 3 aromatic heterocycles. The maximum atomic E-state index is 5.66. The van der Waals surface area contributed by atoms with Crippen LogP contribution in [0.25, 0.3) is 0 Å². The molecule has 0 saturated carbocycles. The molecule has 0 saturated heterocycles. The Morgan fingerprint density at radius 1 is 0.457 bits per heavy atom. The predicted molar refractivity (Wildman–Crippen MR) is 205 cm³/mol. The molecule has 0 unspecified atom stereocenters. The quantitative estimate of drug-likeness (QED) is 0.193. The minimum Gasteiger partial charge on any atom is -0.354 e. The summed E-state index contributed by atoms with van der Waals surface area (Å²) in [6.45, 7) is 18.0. The number of nitrogens with two attached hydrogens (primary N) is 1. The highest BCUT2D eigenvalue weighted by Crippen LogP contribution is 2.07. The summed E-state index contributed by atoms with van der Waals surface area (Å²) in [7, 11) is 1.50. The topological polar surface area (TPSA) is 166 Å². The number of nitrogens with zero attached hydrogens (tertiary/aromatic N) is 9. The van der Waals surface area contributed by atoms with E-state index in [2.05, 4.69) is 88.9 Å². The monoisotopic (exact) mass is 712 g/mol. The molecule has 0 amide bonds. The van der Waals surface area contributed by atoms with Crippen molar-refractivity contribution in [2.24, 2.45) is 5.73 Å². The van der Waals surface area contributed by atoms with Crippen LogP contribution >= 0.6 is 34.8 Å². The van der Waals surface area contributed by atoms with Gasteiger partial charge in [-0.3, -0.25) is 0 Å². The van der Waals surface area contributed by atoms with E-state index in [1.54, 1.807) is 0 Å². The number of nitrogens with one attached hydrogen (secondary N) is 2. The van der Waals surface area contributed by atoms with E-state index in [0.717, 1.165) is 50.4 Å². The van der Waals surface area contributed by atoms with Crippen LogP contribution in [0.4, 0.5) is 11.9 Å². The summed E-state index contributed by atoms with van der Waals surface area (Å²) in [5, 5.41) is 6.64. The van der Waals surface area contributed by atoms with Gasteiger partial charge in [-0.2, -0.15) is 24.9 Å². The summed E-state index contributed by atoms with van der Waals surface area (Å²) in [6.07, 6.45) is 5.58. The highest BCUT2D eigenvalue weighted by molar-refractivity contribution is 6.31. The number of aryl methyl sites for hydroxylation is 4. The fourth-order valence-electron chi connectivity index (χ4n) is 2.51. The molecule has 0 spiro atoms. The standard InChI is InChI=1S/C10H18N4.C7H11ClN4.C5H5Cl2N3.C3H8.CH5N.5CH4/c1-4-7-9-12-8(5-2)13-10(14-9)11-6-3;1-3-5-10-6(8)12-7(11-5)9-4-2;1-2-3-8-4(6)10-5(7)9-3;1-3-2;1-2;;;;;/h4-7H2,1-3H3,(H,11,12,13,14);3-4H2,1-2H3,(H,9,10,11,12);2H2,1H3;3H2,1-2H3;2H2,1H3;5*1H4. The first-order valence-corrected chi connectivity index (χ1v) is 15.1. The van der Waals surface area contributed by atoms with Crippen LogP contribution in [0.2, 0.25) is 15.9 Å². The van der Waals surface area contributed by atoms with Crippen molar-refractivity contribution in [1.29, 1.82) is 0 Å². The summed E-state index contributed by atoms with van der Waals surface area (Å²) < 4.78 is 0. The summed E-state index contributed by atoms with van der Waals surface area (Å²) in [4.78, 5) is 36.2. The summed E-state index contributed by atoms with van der Waals surface area (Å²) >= 11 is 16.6. The molecular formula is C31H67Cl3N12. The zero-order chi connectivity index (χ0) is 31.6. The molecule has 0 radical (unpaired) electrons. The van der Waals surface area contributed by atoms with Crippen molar-refractivity contribution in [3.05, 3.63) is 39.1 Å². The molecule has 46 heavy (non-hydrogen) atoms. The second-order valence-electron chi connectivity index (χ2n) is 7.70. The van der Waals surface area contributed by atoms with Gasteiger partial charge in [-0.25, -0.2) is 19.9 Å². The Labute approximate surface area is 297 Å². The molecule has 0 aromatic carbocycles. The second-order valence-corrected chi connectivity index (χ2v) is 8.72. The van der Waals surface area contributed by atoms with E-state index in [1.807, 2.05) is 27.7 Å². The van der Waals surface area contributed by atoms with Gasteiger partial charge in [0, 0.05) is 38.8 Å². The number of hydrogen-bond donors (Lipinski definition) is 3. The van der Waals surface area contributed by atoms with Crippen LogP contribution in [0.1, 0.15) is 129 Å². The Balaban J connectivity index is -0.0000000887. The van der Waals surface area contributed by atoms with Crippen molar-refractivity contribution < 1.29 is 0 Å². The lowest BCUT2D eigenvalue weighted by Gasteiger charge is -2.05. The number of anilines is 2. The van der Waals surface area contributed by atoms with E-state index in [0.29, 0.717) is 30.0 Å². The third kappa shape index (κ3) is 28.9. The van der Waals surface area contributed by atoms with Crippen molar-refractivity contribution in [2.75, 3.05) is 30.8 Å². The normalized spacial score (nSPS) is 8.37. The predicted octanol–water partition coefficient (Wildman–Crippen LogP) is 9.25. The first-order chi connectivity index (χ1) is 19.7. The molecule has 272 valence electrons. The van der Waals surface area contributed by atoms with E-state index < -0.39 is 0 Å². The van der Waals surface area contributed by atoms with Gasteiger partial charge in [-0.05, 0) is 62.1 Å². The lowest BCUT2D eigenvalue weighted by molar-refractivity contribution is 0.781. The average Bonchev–Trinajstić information content (AvgIpc) is 2.95. The Bertz CT molecular complexity index is 1030. The minimum atomic E-state index is 0. The second kappa shape index (κ2) is 38.6. The number of halogens is 3. The molecule has 3 aromatic rings. The third-order valence-electron chi connectivity index (χ3n) is 4.10. The molecule has 4 N–H and O–H groups in total.